The molecule has 0 saturated carbocycles. The number of hydrogen-bond acceptors (Lipinski definition) is 3. The number of fused-ring (bicyclic) bond motifs is 1. The SMILES string of the molecule is Cn1c(=O)c2c(Cl)nccc2n(C)c1=O. The van der Waals surface area contributed by atoms with E-state index in [-0.39, 0.29) is 16.2 Å². The van der Waals surface area contributed by atoms with Gasteiger partial charge in [0.2, 0.25) is 0 Å². The molecule has 0 spiro atoms. The van der Waals surface area contributed by atoms with Gasteiger partial charge < -0.3 is 0 Å². The Labute approximate surface area is 89.5 Å². The topological polar surface area (TPSA) is 56.9 Å². The molecule has 15 heavy (non-hydrogen) atoms. The molecule has 5 nitrogen and oxygen atoms in total. The molecule has 0 aliphatic rings. The molecule has 0 fully saturated rings. The van der Waals surface area contributed by atoms with E-state index in [0.717, 1.165) is 4.57 Å². The lowest BCUT2D eigenvalue weighted by atomic mass is 10.3. The van der Waals surface area contributed by atoms with Gasteiger partial charge in [-0.2, -0.15) is 0 Å². The van der Waals surface area contributed by atoms with Crippen molar-refractivity contribution in [1.29, 1.82) is 0 Å². The van der Waals surface area contributed by atoms with Crippen LogP contribution in [0.5, 0.6) is 0 Å². The van der Waals surface area contributed by atoms with Crippen LogP contribution in [-0.4, -0.2) is 14.1 Å². The third-order valence-corrected chi connectivity index (χ3v) is 2.62. The van der Waals surface area contributed by atoms with Crippen molar-refractivity contribution in [3.63, 3.8) is 0 Å². The fourth-order valence-electron chi connectivity index (χ4n) is 1.49. The molecule has 0 saturated heterocycles. The standard InChI is InChI=1S/C9H8ClN3O2/c1-12-5-3-4-11-7(10)6(5)8(14)13(2)9(12)15/h3-4H,1-2H3. The molecule has 0 bridgehead atoms. The normalized spacial score (nSPS) is 10.9. The monoisotopic (exact) mass is 225 g/mol. The van der Waals surface area contributed by atoms with Crippen LogP contribution in [0.3, 0.4) is 0 Å². The van der Waals surface area contributed by atoms with E-state index < -0.39 is 5.56 Å². The van der Waals surface area contributed by atoms with Crippen molar-refractivity contribution < 1.29 is 0 Å². The second-order valence-corrected chi connectivity index (χ2v) is 3.56. The van der Waals surface area contributed by atoms with Crippen LogP contribution in [0.2, 0.25) is 5.15 Å². The highest BCUT2D eigenvalue weighted by molar-refractivity contribution is 6.33. The van der Waals surface area contributed by atoms with Gasteiger partial charge in [-0.3, -0.25) is 13.9 Å². The van der Waals surface area contributed by atoms with Crippen molar-refractivity contribution >= 4 is 22.5 Å². The maximum Gasteiger partial charge on any atom is 0.330 e. The Kier molecular flexibility index (Phi) is 2.12. The fourth-order valence-corrected chi connectivity index (χ4v) is 1.72. The molecule has 0 aromatic carbocycles. The molecular weight excluding hydrogens is 218 g/mol. The number of aryl methyl sites for hydroxylation is 1. The molecule has 0 amide bonds. The van der Waals surface area contributed by atoms with E-state index >= 15 is 0 Å². The quantitative estimate of drug-likeness (QED) is 0.606. The number of nitrogens with zero attached hydrogens (tertiary/aromatic N) is 3. The van der Waals surface area contributed by atoms with Crippen LogP contribution in [0.25, 0.3) is 10.9 Å². The summed E-state index contributed by atoms with van der Waals surface area (Å²) in [4.78, 5) is 27.1. The summed E-state index contributed by atoms with van der Waals surface area (Å²) in [5, 5.41) is 0.382. The van der Waals surface area contributed by atoms with E-state index in [4.69, 9.17) is 11.6 Å². The summed E-state index contributed by atoms with van der Waals surface area (Å²) in [6, 6.07) is 1.59. The van der Waals surface area contributed by atoms with Crippen molar-refractivity contribution in [3.05, 3.63) is 38.3 Å². The van der Waals surface area contributed by atoms with Crippen LogP contribution in [0.15, 0.2) is 21.9 Å². The average Bonchev–Trinajstić information content (AvgIpc) is 2.23. The molecule has 0 unspecified atom stereocenters. The number of pyridine rings is 1. The van der Waals surface area contributed by atoms with Gasteiger partial charge in [0.15, 0.2) is 0 Å². The van der Waals surface area contributed by atoms with Crippen molar-refractivity contribution in [2.75, 3.05) is 0 Å². The van der Waals surface area contributed by atoms with Crippen LogP contribution in [0.4, 0.5) is 0 Å². The van der Waals surface area contributed by atoms with Gasteiger partial charge in [-0.05, 0) is 6.07 Å². The van der Waals surface area contributed by atoms with Gasteiger partial charge in [0.05, 0.1) is 5.52 Å². The predicted octanol–water partition coefficient (Wildman–Crippen LogP) is 0.286. The van der Waals surface area contributed by atoms with E-state index in [0.29, 0.717) is 5.52 Å². The van der Waals surface area contributed by atoms with Crippen LogP contribution in [0.1, 0.15) is 0 Å². The van der Waals surface area contributed by atoms with Gasteiger partial charge in [0.1, 0.15) is 10.5 Å². The smallest absolute Gasteiger partial charge is 0.296 e. The van der Waals surface area contributed by atoms with Crippen molar-refractivity contribution in [1.82, 2.24) is 14.1 Å². The van der Waals surface area contributed by atoms with E-state index in [1.165, 1.54) is 17.8 Å². The van der Waals surface area contributed by atoms with Gasteiger partial charge in [-0.15, -0.1) is 0 Å². The van der Waals surface area contributed by atoms with E-state index in [1.54, 1.807) is 13.1 Å². The molecule has 0 N–H and O–H groups in total. The largest absolute Gasteiger partial charge is 0.330 e. The molecule has 0 aliphatic carbocycles. The number of rotatable bonds is 0. The Hall–Kier alpha value is -1.62. The zero-order valence-corrected chi connectivity index (χ0v) is 8.95. The summed E-state index contributed by atoms with van der Waals surface area (Å²) in [5.41, 5.74) is -0.316. The highest BCUT2D eigenvalue weighted by Gasteiger charge is 2.11. The number of aromatic nitrogens is 3. The predicted molar refractivity (Wildman–Crippen MR) is 57.2 cm³/mol. The third-order valence-electron chi connectivity index (χ3n) is 2.34. The Balaban J connectivity index is 3.23. The number of halogens is 1. The maximum absolute atomic E-state index is 11.7. The van der Waals surface area contributed by atoms with E-state index in [2.05, 4.69) is 4.98 Å². The molecule has 0 atom stereocenters. The molecule has 2 heterocycles. The van der Waals surface area contributed by atoms with Crippen LogP contribution >= 0.6 is 11.6 Å². The first-order valence-electron chi connectivity index (χ1n) is 4.24. The molecular formula is C9H8ClN3O2. The summed E-state index contributed by atoms with van der Waals surface area (Å²) < 4.78 is 2.38. The molecule has 2 aromatic heterocycles. The Morgan fingerprint density at radius 2 is 1.93 bits per heavy atom. The van der Waals surface area contributed by atoms with Crippen molar-refractivity contribution in [2.24, 2.45) is 14.1 Å². The molecule has 2 aromatic rings. The maximum atomic E-state index is 11.7. The summed E-state index contributed by atoms with van der Waals surface area (Å²) in [7, 11) is 2.99. The van der Waals surface area contributed by atoms with Crippen LogP contribution in [-0.2, 0) is 14.1 Å². The number of hydrogen-bond donors (Lipinski definition) is 0. The lowest BCUT2D eigenvalue weighted by molar-refractivity contribution is 0.713. The van der Waals surface area contributed by atoms with Gasteiger partial charge in [0.25, 0.3) is 5.56 Å². The van der Waals surface area contributed by atoms with E-state index in [9.17, 15) is 9.59 Å². The van der Waals surface area contributed by atoms with Crippen LogP contribution in [0, 0.1) is 0 Å². The van der Waals surface area contributed by atoms with Crippen LogP contribution < -0.4 is 11.2 Å². The molecule has 78 valence electrons. The zero-order chi connectivity index (χ0) is 11.2. The summed E-state index contributed by atoms with van der Waals surface area (Å²) in [6.07, 6.45) is 1.46. The summed E-state index contributed by atoms with van der Waals surface area (Å²) >= 11 is 5.82. The summed E-state index contributed by atoms with van der Waals surface area (Å²) in [6.45, 7) is 0. The molecule has 0 radical (unpaired) electrons. The molecule has 0 aliphatic heterocycles. The molecule has 2 rings (SSSR count). The Bertz CT molecular complexity index is 657. The highest BCUT2D eigenvalue weighted by Crippen LogP contribution is 2.14. The summed E-state index contributed by atoms with van der Waals surface area (Å²) in [5.74, 6) is 0. The lowest BCUT2D eigenvalue weighted by Crippen LogP contribution is -2.37. The van der Waals surface area contributed by atoms with Gasteiger partial charge in [-0.25, -0.2) is 9.78 Å². The van der Waals surface area contributed by atoms with E-state index in [1.807, 2.05) is 0 Å². The minimum atomic E-state index is -0.425. The van der Waals surface area contributed by atoms with Crippen molar-refractivity contribution in [2.45, 2.75) is 0 Å². The van der Waals surface area contributed by atoms with Gasteiger partial charge in [0, 0.05) is 20.3 Å². The zero-order valence-electron chi connectivity index (χ0n) is 8.19. The first kappa shape index (κ1) is 9.92. The second-order valence-electron chi connectivity index (χ2n) is 3.20. The highest BCUT2D eigenvalue weighted by atomic mass is 35.5. The van der Waals surface area contributed by atoms with Gasteiger partial charge in [-0.1, -0.05) is 11.6 Å². The fraction of sp³-hybridized carbons (Fsp3) is 0.222. The Morgan fingerprint density at radius 3 is 2.60 bits per heavy atom. The minimum Gasteiger partial charge on any atom is -0.296 e. The van der Waals surface area contributed by atoms with Crippen molar-refractivity contribution in [3.8, 4) is 0 Å². The first-order chi connectivity index (χ1) is 7.04. The average molecular weight is 226 g/mol. The third kappa shape index (κ3) is 1.27. The first-order valence-corrected chi connectivity index (χ1v) is 4.62. The molecule has 6 heteroatoms. The van der Waals surface area contributed by atoms with Gasteiger partial charge >= 0.3 is 5.69 Å². The second kappa shape index (κ2) is 3.20. The Morgan fingerprint density at radius 1 is 1.27 bits per heavy atom. The minimum absolute atomic E-state index is 0.115. The lowest BCUT2D eigenvalue weighted by Gasteiger charge is -2.06.